The Labute approximate surface area is 276 Å². The Bertz CT molecular complexity index is 1730. The zero-order valence-corrected chi connectivity index (χ0v) is 26.5. The molecule has 0 aliphatic carbocycles. The van der Waals surface area contributed by atoms with Gasteiger partial charge in [-0.2, -0.15) is 18.3 Å². The molecule has 246 valence electrons. The fourth-order valence-electron chi connectivity index (χ4n) is 5.35. The van der Waals surface area contributed by atoms with E-state index in [4.69, 9.17) is 5.10 Å². The van der Waals surface area contributed by atoms with Gasteiger partial charge in [-0.3, -0.25) is 9.48 Å². The van der Waals surface area contributed by atoms with Gasteiger partial charge in [0.25, 0.3) is 0 Å². The van der Waals surface area contributed by atoms with E-state index in [1.54, 1.807) is 16.8 Å². The van der Waals surface area contributed by atoms with Crippen molar-refractivity contribution >= 4 is 41.6 Å². The number of piperazine rings is 1. The number of benzene rings is 2. The molecule has 1 saturated heterocycles. The molecule has 1 aromatic heterocycles. The van der Waals surface area contributed by atoms with E-state index in [1.165, 1.54) is 23.1 Å². The number of hydrogen-bond donors (Lipinski definition) is 1. The van der Waals surface area contributed by atoms with Crippen LogP contribution in [0.1, 0.15) is 17.7 Å². The molecule has 5 rings (SSSR count). The molecular formula is C34H34ClF3N6O3. The van der Waals surface area contributed by atoms with E-state index in [0.717, 1.165) is 50.4 Å². The van der Waals surface area contributed by atoms with E-state index in [2.05, 4.69) is 28.1 Å². The third-order valence-corrected chi connectivity index (χ3v) is 7.89. The number of anilines is 1. The second-order valence-corrected chi connectivity index (χ2v) is 11.2. The second kappa shape index (κ2) is 15.7. The summed E-state index contributed by atoms with van der Waals surface area (Å²) in [4.78, 5) is 43.0. The van der Waals surface area contributed by atoms with Crippen molar-refractivity contribution in [2.45, 2.75) is 19.1 Å². The first-order valence-electron chi connectivity index (χ1n) is 14.8. The average molecular weight is 667 g/mol. The van der Waals surface area contributed by atoms with Crippen LogP contribution in [0.5, 0.6) is 0 Å². The molecule has 0 radical (unpaired) electrons. The first-order valence-corrected chi connectivity index (χ1v) is 14.8. The molecule has 13 heteroatoms. The number of amides is 1. The van der Waals surface area contributed by atoms with Gasteiger partial charge < -0.3 is 20.0 Å². The van der Waals surface area contributed by atoms with E-state index in [9.17, 15) is 27.6 Å². The molecule has 2 aromatic carbocycles. The Morgan fingerprint density at radius 3 is 2.40 bits per heavy atom. The molecule has 1 amide bonds. The standard InChI is InChI=1S/C34H33F3N6O3.ClH/c1-40-15-17-41(18-16-40)14-13-25(23-44)21-43-32(26-7-3-2-4-8-26)20-30(39-43)31-12-6-11-29(24-45)42(31)22-33(46)38-28-10-5-9-27(19-28)34(35,36)37;/h2-12,19-20H,13-18,21-22H2,1H3,(H,38,46);1H. The predicted molar refractivity (Wildman–Crippen MR) is 176 cm³/mol. The van der Waals surface area contributed by atoms with E-state index in [1.807, 2.05) is 42.3 Å². The molecule has 0 saturated carbocycles. The lowest BCUT2D eigenvalue weighted by Crippen LogP contribution is -2.44. The fourth-order valence-corrected chi connectivity index (χ4v) is 5.35. The first kappa shape index (κ1) is 35.2. The van der Waals surface area contributed by atoms with Crippen molar-refractivity contribution in [1.82, 2.24) is 24.5 Å². The normalized spacial score (nSPS) is 15.4. The lowest BCUT2D eigenvalue weighted by Gasteiger charge is -2.32. The highest BCUT2D eigenvalue weighted by atomic mass is 35.5. The number of nitrogens with zero attached hydrogens (tertiary/aromatic N) is 5. The van der Waals surface area contributed by atoms with Gasteiger partial charge in [0.1, 0.15) is 23.9 Å². The Hall–Kier alpha value is -4.70. The van der Waals surface area contributed by atoms with Crippen molar-refractivity contribution in [3.05, 3.63) is 101 Å². The molecule has 9 nitrogen and oxygen atoms in total. The molecule has 0 bridgehead atoms. The van der Waals surface area contributed by atoms with E-state index < -0.39 is 24.2 Å². The fraction of sp³-hybridized carbons (Fsp3) is 0.294. The van der Waals surface area contributed by atoms with Crippen molar-refractivity contribution in [3.8, 4) is 11.3 Å². The topological polar surface area (TPSA) is 90.8 Å². The number of nitrogens with one attached hydrogen (secondary N) is 1. The highest BCUT2D eigenvalue weighted by molar-refractivity contribution is 5.94. The van der Waals surface area contributed by atoms with Crippen LogP contribution in [-0.2, 0) is 27.1 Å². The molecule has 1 fully saturated rings. The smallest absolute Gasteiger partial charge is 0.325 e. The number of carbonyl (C=O) groups excluding carboxylic acids is 3. The summed E-state index contributed by atoms with van der Waals surface area (Å²) in [7, 11) is 2.09. The molecule has 0 unspecified atom stereocenters. The van der Waals surface area contributed by atoms with Gasteiger partial charge in [0, 0.05) is 44.0 Å². The van der Waals surface area contributed by atoms with Crippen molar-refractivity contribution in [3.63, 3.8) is 0 Å². The molecule has 3 heterocycles. The Morgan fingerprint density at radius 2 is 1.72 bits per heavy atom. The number of carbonyl (C=O) groups is 1. The van der Waals surface area contributed by atoms with Crippen LogP contribution in [0, 0.1) is 0 Å². The minimum atomic E-state index is -4.57. The molecule has 3 aromatic rings. The lowest BCUT2D eigenvalue weighted by molar-refractivity contribution is -0.137. The summed E-state index contributed by atoms with van der Waals surface area (Å²) in [5, 5.41) is 7.29. The minimum Gasteiger partial charge on any atom is -0.325 e. The maximum atomic E-state index is 13.2. The number of allylic oxidation sites excluding steroid dienone is 3. The summed E-state index contributed by atoms with van der Waals surface area (Å²) in [6.07, 6.45) is 0.756. The van der Waals surface area contributed by atoms with Gasteiger partial charge in [0.15, 0.2) is 5.94 Å². The summed E-state index contributed by atoms with van der Waals surface area (Å²) >= 11 is 0. The van der Waals surface area contributed by atoms with Gasteiger partial charge in [-0.05, 0) is 55.4 Å². The van der Waals surface area contributed by atoms with Crippen LogP contribution in [0.15, 0.2) is 90.2 Å². The quantitative estimate of drug-likeness (QED) is 0.306. The molecular weight excluding hydrogens is 633 g/mol. The Morgan fingerprint density at radius 1 is 0.979 bits per heavy atom. The monoisotopic (exact) mass is 666 g/mol. The highest BCUT2D eigenvalue weighted by Gasteiger charge is 2.31. The molecule has 2 aliphatic heterocycles. The van der Waals surface area contributed by atoms with Crippen LogP contribution in [0.4, 0.5) is 18.9 Å². The average Bonchev–Trinajstić information content (AvgIpc) is 3.47. The minimum absolute atomic E-state index is 0. The van der Waals surface area contributed by atoms with E-state index >= 15 is 0 Å². The van der Waals surface area contributed by atoms with Crippen LogP contribution >= 0.6 is 12.4 Å². The Kier molecular flexibility index (Phi) is 11.8. The summed E-state index contributed by atoms with van der Waals surface area (Å²) in [5.74, 6) is 3.30. The van der Waals surface area contributed by atoms with Gasteiger partial charge in [0.05, 0.1) is 23.5 Å². The maximum absolute atomic E-state index is 13.2. The van der Waals surface area contributed by atoms with Crippen LogP contribution in [0.25, 0.3) is 17.0 Å². The van der Waals surface area contributed by atoms with Crippen LogP contribution in [0.3, 0.4) is 0 Å². The van der Waals surface area contributed by atoms with Gasteiger partial charge in [-0.15, -0.1) is 12.4 Å². The summed E-state index contributed by atoms with van der Waals surface area (Å²) in [6, 6.07) is 15.6. The predicted octanol–water partition coefficient (Wildman–Crippen LogP) is 4.95. The number of likely N-dealkylation sites (N-methyl/N-ethyl adjacent to an activating group) is 1. The van der Waals surface area contributed by atoms with Gasteiger partial charge in [0.2, 0.25) is 5.91 Å². The zero-order chi connectivity index (χ0) is 32.7. The summed E-state index contributed by atoms with van der Waals surface area (Å²) < 4.78 is 41.3. The van der Waals surface area contributed by atoms with Crippen molar-refractivity contribution < 1.29 is 27.6 Å². The number of hydrogen-bond acceptors (Lipinski definition) is 7. The van der Waals surface area contributed by atoms with Crippen molar-refractivity contribution in [2.24, 2.45) is 0 Å². The number of halogens is 4. The summed E-state index contributed by atoms with van der Waals surface area (Å²) in [6.45, 7) is 4.31. The SMILES string of the molecule is CN1CCN(CCC(=C=O)Cn2nc(C3=CC=CC(=C=O)N3CC(=O)Nc3cccc(C(F)(F)F)c3)cc2-c2ccccc2)CC1.Cl. The molecule has 47 heavy (non-hydrogen) atoms. The molecule has 2 aliphatic rings. The van der Waals surface area contributed by atoms with Crippen LogP contribution in [0.2, 0.25) is 0 Å². The van der Waals surface area contributed by atoms with Crippen LogP contribution in [-0.4, -0.2) is 88.6 Å². The number of rotatable bonds is 10. The van der Waals surface area contributed by atoms with Gasteiger partial charge >= 0.3 is 6.18 Å². The van der Waals surface area contributed by atoms with E-state index in [0.29, 0.717) is 29.1 Å². The maximum Gasteiger partial charge on any atom is 0.416 e. The highest BCUT2D eigenvalue weighted by Crippen LogP contribution is 2.32. The Balaban J connectivity index is 0.00000500. The molecule has 0 atom stereocenters. The summed E-state index contributed by atoms with van der Waals surface area (Å²) in [5.41, 5.74) is 2.06. The lowest BCUT2D eigenvalue weighted by atomic mass is 10.1. The van der Waals surface area contributed by atoms with Crippen LogP contribution < -0.4 is 5.32 Å². The van der Waals surface area contributed by atoms with Crippen molar-refractivity contribution in [2.75, 3.05) is 51.6 Å². The van der Waals surface area contributed by atoms with Gasteiger partial charge in [-0.1, -0.05) is 42.5 Å². The second-order valence-electron chi connectivity index (χ2n) is 11.2. The number of alkyl halides is 3. The third-order valence-electron chi connectivity index (χ3n) is 7.89. The molecule has 0 spiro atoms. The van der Waals surface area contributed by atoms with Gasteiger partial charge in [-0.25, -0.2) is 9.59 Å². The largest absolute Gasteiger partial charge is 0.416 e. The first-order chi connectivity index (χ1) is 22.1. The molecule has 1 N–H and O–H groups in total. The van der Waals surface area contributed by atoms with Crippen molar-refractivity contribution in [1.29, 1.82) is 0 Å². The zero-order valence-electron chi connectivity index (χ0n) is 25.7. The van der Waals surface area contributed by atoms with E-state index in [-0.39, 0.29) is 30.3 Å². The number of aromatic nitrogens is 2. The third kappa shape index (κ3) is 8.98.